The van der Waals surface area contributed by atoms with Crippen LogP contribution < -0.4 is 15.8 Å². The largest absolute Gasteiger partial charge is 0.497 e. The molecule has 2 rings (SSSR count). The highest BCUT2D eigenvalue weighted by Crippen LogP contribution is 2.22. The Labute approximate surface area is 123 Å². The van der Waals surface area contributed by atoms with E-state index >= 15 is 0 Å². The Kier molecular flexibility index (Phi) is 4.81. The summed E-state index contributed by atoms with van der Waals surface area (Å²) in [5, 5.41) is 3.14. The van der Waals surface area contributed by atoms with Crippen LogP contribution >= 0.6 is 0 Å². The van der Waals surface area contributed by atoms with E-state index < -0.39 is 11.9 Å². The van der Waals surface area contributed by atoms with Gasteiger partial charge in [0.05, 0.1) is 25.3 Å². The van der Waals surface area contributed by atoms with E-state index in [9.17, 15) is 4.79 Å². The molecule has 0 saturated heterocycles. The van der Waals surface area contributed by atoms with Crippen molar-refractivity contribution in [2.75, 3.05) is 12.4 Å². The lowest BCUT2D eigenvalue weighted by Gasteiger charge is -2.18. The van der Waals surface area contributed by atoms with Gasteiger partial charge >= 0.3 is 0 Å². The number of anilines is 1. The number of hydrogen-bond donors (Lipinski definition) is 2. The van der Waals surface area contributed by atoms with Crippen molar-refractivity contribution in [3.8, 4) is 5.75 Å². The molecule has 0 aliphatic heterocycles. The van der Waals surface area contributed by atoms with Gasteiger partial charge in [0.2, 0.25) is 5.91 Å². The molecular formula is C15H20N4O2. The number of rotatable bonds is 7. The van der Waals surface area contributed by atoms with Crippen molar-refractivity contribution in [1.29, 1.82) is 0 Å². The molecule has 6 nitrogen and oxygen atoms in total. The summed E-state index contributed by atoms with van der Waals surface area (Å²) in [5.41, 5.74) is 7.09. The Hall–Kier alpha value is -2.50. The number of hydrogen-bond acceptors (Lipinski definition) is 4. The average Bonchev–Trinajstić information content (AvgIpc) is 2.93. The number of imidazole rings is 1. The minimum atomic E-state index is -0.618. The predicted molar refractivity (Wildman–Crippen MR) is 81.1 cm³/mol. The van der Waals surface area contributed by atoms with Gasteiger partial charge in [0, 0.05) is 12.2 Å². The van der Waals surface area contributed by atoms with Gasteiger partial charge in [-0.3, -0.25) is 4.79 Å². The number of methoxy groups -OCH3 is 1. The normalized spacial score (nSPS) is 11.9. The van der Waals surface area contributed by atoms with Crippen LogP contribution in [0.2, 0.25) is 0 Å². The SMILES string of the molecule is CCCn1cncc1C(Nc1ccc(OC)cc1)C(N)=O. The molecule has 1 heterocycles. The van der Waals surface area contributed by atoms with Gasteiger partial charge in [0.15, 0.2) is 0 Å². The summed E-state index contributed by atoms with van der Waals surface area (Å²) in [5.74, 6) is 0.316. The van der Waals surface area contributed by atoms with E-state index in [0.717, 1.165) is 30.1 Å². The molecule has 0 fully saturated rings. The minimum absolute atomic E-state index is 0.441. The highest BCUT2D eigenvalue weighted by molar-refractivity contribution is 5.84. The maximum absolute atomic E-state index is 11.8. The molecule has 112 valence electrons. The van der Waals surface area contributed by atoms with Crippen LogP contribution in [0.1, 0.15) is 25.1 Å². The first-order valence-corrected chi connectivity index (χ1v) is 6.85. The first-order valence-electron chi connectivity index (χ1n) is 6.85. The number of ether oxygens (including phenoxy) is 1. The van der Waals surface area contributed by atoms with Crippen molar-refractivity contribution in [1.82, 2.24) is 9.55 Å². The monoisotopic (exact) mass is 288 g/mol. The lowest BCUT2D eigenvalue weighted by atomic mass is 10.2. The van der Waals surface area contributed by atoms with Crippen molar-refractivity contribution in [2.45, 2.75) is 25.9 Å². The Balaban J connectivity index is 2.22. The molecule has 0 spiro atoms. The summed E-state index contributed by atoms with van der Waals surface area (Å²) in [4.78, 5) is 15.9. The highest BCUT2D eigenvalue weighted by Gasteiger charge is 2.21. The molecule has 3 N–H and O–H groups in total. The van der Waals surface area contributed by atoms with Crippen LogP contribution in [-0.4, -0.2) is 22.6 Å². The molecule has 6 heteroatoms. The van der Waals surface area contributed by atoms with Crippen LogP contribution in [0, 0.1) is 0 Å². The molecule has 1 aromatic carbocycles. The van der Waals surface area contributed by atoms with E-state index in [1.807, 2.05) is 28.8 Å². The highest BCUT2D eigenvalue weighted by atomic mass is 16.5. The van der Waals surface area contributed by atoms with Gasteiger partial charge in [-0.2, -0.15) is 0 Å². The Morgan fingerprint density at radius 1 is 1.43 bits per heavy atom. The number of nitrogens with one attached hydrogen (secondary N) is 1. The quantitative estimate of drug-likeness (QED) is 0.815. The smallest absolute Gasteiger partial charge is 0.246 e. The van der Waals surface area contributed by atoms with Crippen molar-refractivity contribution in [3.05, 3.63) is 42.5 Å². The third kappa shape index (κ3) is 3.53. The minimum Gasteiger partial charge on any atom is -0.497 e. The molecule has 21 heavy (non-hydrogen) atoms. The van der Waals surface area contributed by atoms with Crippen LogP contribution in [-0.2, 0) is 11.3 Å². The molecule has 1 aromatic heterocycles. The van der Waals surface area contributed by atoms with Crippen LogP contribution in [0.5, 0.6) is 5.75 Å². The Morgan fingerprint density at radius 2 is 2.14 bits per heavy atom. The van der Waals surface area contributed by atoms with E-state index in [0.29, 0.717) is 0 Å². The van der Waals surface area contributed by atoms with Crippen LogP contribution in [0.15, 0.2) is 36.8 Å². The maximum Gasteiger partial charge on any atom is 0.246 e. The Bertz CT molecular complexity index is 592. The molecule has 0 radical (unpaired) electrons. The molecular weight excluding hydrogens is 268 g/mol. The van der Waals surface area contributed by atoms with Gasteiger partial charge in [-0.15, -0.1) is 0 Å². The molecule has 0 aliphatic carbocycles. The molecule has 0 aliphatic rings. The van der Waals surface area contributed by atoms with E-state index in [2.05, 4.69) is 17.2 Å². The lowest BCUT2D eigenvalue weighted by molar-refractivity contribution is -0.119. The molecule has 1 amide bonds. The van der Waals surface area contributed by atoms with Gasteiger partial charge in [-0.1, -0.05) is 6.92 Å². The molecule has 1 unspecified atom stereocenters. The van der Waals surface area contributed by atoms with Crippen molar-refractivity contribution >= 4 is 11.6 Å². The second-order valence-corrected chi connectivity index (χ2v) is 4.72. The number of benzene rings is 1. The number of aromatic nitrogens is 2. The predicted octanol–water partition coefficient (Wildman–Crippen LogP) is 1.94. The second kappa shape index (κ2) is 6.78. The number of nitrogens with zero attached hydrogens (tertiary/aromatic N) is 2. The zero-order valence-corrected chi connectivity index (χ0v) is 12.2. The van der Waals surface area contributed by atoms with Gasteiger partial charge in [-0.25, -0.2) is 4.98 Å². The molecule has 2 aromatic rings. The third-order valence-electron chi connectivity index (χ3n) is 3.19. The van der Waals surface area contributed by atoms with E-state index in [-0.39, 0.29) is 0 Å². The lowest BCUT2D eigenvalue weighted by Crippen LogP contribution is -2.29. The van der Waals surface area contributed by atoms with Crippen molar-refractivity contribution in [2.24, 2.45) is 5.73 Å². The fourth-order valence-corrected chi connectivity index (χ4v) is 2.14. The number of carbonyl (C=O) groups is 1. The molecule has 1 atom stereocenters. The van der Waals surface area contributed by atoms with E-state index in [1.54, 1.807) is 19.6 Å². The number of carbonyl (C=O) groups excluding carboxylic acids is 1. The molecule has 0 bridgehead atoms. The zero-order chi connectivity index (χ0) is 15.2. The number of amides is 1. The first kappa shape index (κ1) is 14.9. The summed E-state index contributed by atoms with van der Waals surface area (Å²) in [6.45, 7) is 2.86. The summed E-state index contributed by atoms with van der Waals surface area (Å²) < 4.78 is 7.05. The number of primary amides is 1. The topological polar surface area (TPSA) is 82.2 Å². The Morgan fingerprint density at radius 3 is 2.71 bits per heavy atom. The summed E-state index contributed by atoms with van der Waals surface area (Å²) in [6, 6.07) is 6.71. The average molecular weight is 288 g/mol. The second-order valence-electron chi connectivity index (χ2n) is 4.72. The third-order valence-corrected chi connectivity index (χ3v) is 3.19. The van der Waals surface area contributed by atoms with Crippen molar-refractivity contribution in [3.63, 3.8) is 0 Å². The van der Waals surface area contributed by atoms with Crippen molar-refractivity contribution < 1.29 is 9.53 Å². The summed E-state index contributed by atoms with van der Waals surface area (Å²) >= 11 is 0. The van der Waals surface area contributed by atoms with E-state index in [4.69, 9.17) is 10.5 Å². The van der Waals surface area contributed by atoms with Gasteiger partial charge in [0.1, 0.15) is 11.8 Å². The van der Waals surface area contributed by atoms with Gasteiger partial charge < -0.3 is 20.4 Å². The zero-order valence-electron chi connectivity index (χ0n) is 12.2. The fraction of sp³-hybridized carbons (Fsp3) is 0.333. The fourth-order valence-electron chi connectivity index (χ4n) is 2.14. The van der Waals surface area contributed by atoms with Crippen LogP contribution in [0.25, 0.3) is 0 Å². The van der Waals surface area contributed by atoms with Gasteiger partial charge in [-0.05, 0) is 30.7 Å². The molecule has 0 saturated carbocycles. The first-order chi connectivity index (χ1) is 10.2. The van der Waals surface area contributed by atoms with Crippen LogP contribution in [0.3, 0.4) is 0 Å². The van der Waals surface area contributed by atoms with Crippen LogP contribution in [0.4, 0.5) is 5.69 Å². The number of aryl methyl sites for hydroxylation is 1. The standard InChI is InChI=1S/C15H20N4O2/c1-3-8-19-10-17-9-13(19)14(15(16)20)18-11-4-6-12(21-2)7-5-11/h4-7,9-10,14,18H,3,8H2,1-2H3,(H2,16,20). The van der Waals surface area contributed by atoms with E-state index in [1.165, 1.54) is 0 Å². The summed E-state index contributed by atoms with van der Waals surface area (Å²) in [6.07, 6.45) is 4.34. The van der Waals surface area contributed by atoms with Gasteiger partial charge in [0.25, 0.3) is 0 Å². The maximum atomic E-state index is 11.8. The summed E-state index contributed by atoms with van der Waals surface area (Å²) in [7, 11) is 1.61. The number of nitrogens with two attached hydrogens (primary N) is 1.